The van der Waals surface area contributed by atoms with Crippen molar-refractivity contribution >= 4 is 11.4 Å². The Hall–Kier alpha value is -1.62. The molecule has 1 saturated heterocycles. The molecular formula is C14H20N2O3. The fourth-order valence-electron chi connectivity index (χ4n) is 2.32. The molecule has 0 bridgehead atoms. The molecule has 0 atom stereocenters. The van der Waals surface area contributed by atoms with Gasteiger partial charge in [0, 0.05) is 30.9 Å². The van der Waals surface area contributed by atoms with Gasteiger partial charge in [-0.1, -0.05) is 20.8 Å². The van der Waals surface area contributed by atoms with E-state index >= 15 is 0 Å². The molecule has 1 aliphatic rings. The third-order valence-electron chi connectivity index (χ3n) is 3.35. The number of nitrogens with zero attached hydrogens (tertiary/aromatic N) is 2. The number of hydrogen-bond acceptors (Lipinski definition) is 4. The Bertz CT molecular complexity index is 474. The highest BCUT2D eigenvalue weighted by Gasteiger charge is 2.25. The molecule has 1 aromatic carbocycles. The average molecular weight is 264 g/mol. The van der Waals surface area contributed by atoms with Gasteiger partial charge in [0.1, 0.15) is 0 Å². The van der Waals surface area contributed by atoms with Crippen LogP contribution >= 0.6 is 0 Å². The molecule has 0 aromatic heterocycles. The molecular weight excluding hydrogens is 244 g/mol. The Morgan fingerprint density at radius 3 is 2.42 bits per heavy atom. The lowest BCUT2D eigenvalue weighted by atomic mass is 9.85. The summed E-state index contributed by atoms with van der Waals surface area (Å²) in [6, 6.07) is 5.15. The summed E-state index contributed by atoms with van der Waals surface area (Å²) in [6.45, 7) is 9.32. The minimum atomic E-state index is -0.335. The lowest BCUT2D eigenvalue weighted by Gasteiger charge is -2.33. The number of rotatable bonds is 2. The molecule has 1 heterocycles. The average Bonchev–Trinajstić information content (AvgIpc) is 2.38. The van der Waals surface area contributed by atoms with Gasteiger partial charge in [0.2, 0.25) is 0 Å². The third-order valence-corrected chi connectivity index (χ3v) is 3.35. The van der Waals surface area contributed by atoms with Crippen LogP contribution in [0.4, 0.5) is 11.4 Å². The van der Waals surface area contributed by atoms with Crippen LogP contribution in [-0.2, 0) is 10.2 Å². The number of ether oxygens (including phenoxy) is 1. The van der Waals surface area contributed by atoms with E-state index in [2.05, 4.69) is 25.7 Å². The maximum atomic E-state index is 10.9. The molecule has 2 rings (SSSR count). The second-order valence-electron chi connectivity index (χ2n) is 5.81. The molecule has 1 aromatic rings. The van der Waals surface area contributed by atoms with Crippen molar-refractivity contribution < 1.29 is 9.66 Å². The summed E-state index contributed by atoms with van der Waals surface area (Å²) in [4.78, 5) is 12.8. The number of morpholine rings is 1. The lowest BCUT2D eigenvalue weighted by Crippen LogP contribution is -2.37. The Morgan fingerprint density at radius 1 is 1.26 bits per heavy atom. The summed E-state index contributed by atoms with van der Waals surface area (Å²) in [5.74, 6) is 0. The first kappa shape index (κ1) is 13.8. The van der Waals surface area contributed by atoms with Gasteiger partial charge in [-0.05, 0) is 17.0 Å². The molecule has 0 saturated carbocycles. The van der Waals surface area contributed by atoms with Crippen molar-refractivity contribution in [2.45, 2.75) is 26.2 Å². The van der Waals surface area contributed by atoms with Gasteiger partial charge >= 0.3 is 0 Å². The summed E-state index contributed by atoms with van der Waals surface area (Å²) in [5, 5.41) is 10.9. The van der Waals surface area contributed by atoms with E-state index in [0.29, 0.717) is 13.2 Å². The molecule has 0 spiro atoms. The SMILES string of the molecule is CC(C)(C)c1cc([N+](=O)[O-])ccc1N1CCOCC1. The Balaban J connectivity index is 2.44. The fraction of sp³-hybridized carbons (Fsp3) is 0.571. The van der Waals surface area contributed by atoms with Crippen LogP contribution in [0.1, 0.15) is 26.3 Å². The summed E-state index contributed by atoms with van der Waals surface area (Å²) in [7, 11) is 0. The standard InChI is InChI=1S/C14H20N2O3/c1-14(2,3)12-10-11(16(17)18)4-5-13(12)15-6-8-19-9-7-15/h4-5,10H,6-9H2,1-3H3. The van der Waals surface area contributed by atoms with Gasteiger partial charge in [0.25, 0.3) is 5.69 Å². The van der Waals surface area contributed by atoms with E-state index in [9.17, 15) is 10.1 Å². The molecule has 1 fully saturated rings. The van der Waals surface area contributed by atoms with Gasteiger partial charge < -0.3 is 9.64 Å². The third kappa shape index (κ3) is 3.04. The van der Waals surface area contributed by atoms with Gasteiger partial charge in [-0.3, -0.25) is 10.1 Å². The molecule has 0 aliphatic carbocycles. The van der Waals surface area contributed by atoms with Crippen molar-refractivity contribution in [3.8, 4) is 0 Å². The second kappa shape index (κ2) is 5.17. The van der Waals surface area contributed by atoms with Crippen molar-refractivity contribution in [2.24, 2.45) is 0 Å². The first-order valence-electron chi connectivity index (χ1n) is 6.51. The van der Waals surface area contributed by atoms with Crippen molar-refractivity contribution in [2.75, 3.05) is 31.2 Å². The van der Waals surface area contributed by atoms with Crippen LogP contribution in [0.2, 0.25) is 0 Å². The van der Waals surface area contributed by atoms with Crippen LogP contribution in [0, 0.1) is 10.1 Å². The molecule has 104 valence electrons. The predicted molar refractivity (Wildman–Crippen MR) is 74.8 cm³/mol. The predicted octanol–water partition coefficient (Wildman–Crippen LogP) is 2.73. The van der Waals surface area contributed by atoms with Gasteiger partial charge in [0.05, 0.1) is 18.1 Å². The minimum absolute atomic E-state index is 0.125. The number of benzene rings is 1. The van der Waals surface area contributed by atoms with E-state index in [1.54, 1.807) is 12.1 Å². The number of hydrogen-bond donors (Lipinski definition) is 0. The Labute approximate surface area is 113 Å². The van der Waals surface area contributed by atoms with Crippen LogP contribution < -0.4 is 4.90 Å². The monoisotopic (exact) mass is 264 g/mol. The van der Waals surface area contributed by atoms with E-state index in [4.69, 9.17) is 4.74 Å². The molecule has 5 nitrogen and oxygen atoms in total. The van der Waals surface area contributed by atoms with Gasteiger partial charge in [0.15, 0.2) is 0 Å². The molecule has 5 heteroatoms. The topological polar surface area (TPSA) is 55.6 Å². The molecule has 1 aliphatic heterocycles. The Morgan fingerprint density at radius 2 is 1.89 bits per heavy atom. The zero-order chi connectivity index (χ0) is 14.0. The van der Waals surface area contributed by atoms with E-state index in [-0.39, 0.29) is 16.0 Å². The van der Waals surface area contributed by atoms with Gasteiger partial charge in [-0.2, -0.15) is 0 Å². The van der Waals surface area contributed by atoms with E-state index < -0.39 is 0 Å². The van der Waals surface area contributed by atoms with Crippen molar-refractivity contribution in [1.82, 2.24) is 0 Å². The van der Waals surface area contributed by atoms with Gasteiger partial charge in [-0.15, -0.1) is 0 Å². The highest BCUT2D eigenvalue weighted by atomic mass is 16.6. The van der Waals surface area contributed by atoms with Crippen LogP contribution in [0.3, 0.4) is 0 Å². The molecule has 0 amide bonds. The van der Waals surface area contributed by atoms with Crippen LogP contribution in [0.15, 0.2) is 18.2 Å². The molecule has 0 radical (unpaired) electrons. The first-order chi connectivity index (χ1) is 8.89. The highest BCUT2D eigenvalue weighted by molar-refractivity contribution is 5.60. The van der Waals surface area contributed by atoms with E-state index in [1.807, 2.05) is 6.07 Å². The van der Waals surface area contributed by atoms with Crippen LogP contribution in [-0.4, -0.2) is 31.2 Å². The van der Waals surface area contributed by atoms with Crippen molar-refractivity contribution in [3.63, 3.8) is 0 Å². The molecule has 0 N–H and O–H groups in total. The van der Waals surface area contributed by atoms with Crippen molar-refractivity contribution in [3.05, 3.63) is 33.9 Å². The zero-order valence-electron chi connectivity index (χ0n) is 11.7. The summed E-state index contributed by atoms with van der Waals surface area (Å²) in [6.07, 6.45) is 0. The largest absolute Gasteiger partial charge is 0.378 e. The number of nitro groups is 1. The van der Waals surface area contributed by atoms with Crippen LogP contribution in [0.5, 0.6) is 0 Å². The summed E-state index contributed by atoms with van der Waals surface area (Å²) < 4.78 is 5.36. The summed E-state index contributed by atoms with van der Waals surface area (Å²) in [5.41, 5.74) is 2.13. The molecule has 0 unspecified atom stereocenters. The number of anilines is 1. The zero-order valence-corrected chi connectivity index (χ0v) is 11.7. The first-order valence-corrected chi connectivity index (χ1v) is 6.51. The minimum Gasteiger partial charge on any atom is -0.378 e. The maximum absolute atomic E-state index is 10.9. The molecule has 19 heavy (non-hydrogen) atoms. The lowest BCUT2D eigenvalue weighted by molar-refractivity contribution is -0.384. The van der Waals surface area contributed by atoms with Crippen LogP contribution in [0.25, 0.3) is 0 Å². The summed E-state index contributed by atoms with van der Waals surface area (Å²) >= 11 is 0. The maximum Gasteiger partial charge on any atom is 0.269 e. The number of nitro benzene ring substituents is 1. The van der Waals surface area contributed by atoms with E-state index in [1.165, 1.54) is 0 Å². The highest BCUT2D eigenvalue weighted by Crippen LogP contribution is 2.35. The normalized spacial score (nSPS) is 16.5. The quantitative estimate of drug-likeness (QED) is 0.609. The number of non-ortho nitro benzene ring substituents is 1. The Kier molecular flexibility index (Phi) is 3.75. The fourth-order valence-corrected chi connectivity index (χ4v) is 2.32. The van der Waals surface area contributed by atoms with E-state index in [0.717, 1.165) is 24.3 Å². The van der Waals surface area contributed by atoms with Crippen molar-refractivity contribution in [1.29, 1.82) is 0 Å². The smallest absolute Gasteiger partial charge is 0.269 e. The second-order valence-corrected chi connectivity index (χ2v) is 5.81. The van der Waals surface area contributed by atoms with Gasteiger partial charge in [-0.25, -0.2) is 0 Å².